The van der Waals surface area contributed by atoms with Gasteiger partial charge in [0.2, 0.25) is 5.91 Å². The fraction of sp³-hybridized carbons (Fsp3) is 0.611. The van der Waals surface area contributed by atoms with Crippen molar-refractivity contribution < 1.29 is 4.79 Å². The molecule has 0 bridgehead atoms. The van der Waals surface area contributed by atoms with Crippen LogP contribution in [0.25, 0.3) is 0 Å². The maximum Gasteiger partial charge on any atom is 0.224 e. The molecule has 1 aliphatic rings. The summed E-state index contributed by atoms with van der Waals surface area (Å²) in [7, 11) is 0. The summed E-state index contributed by atoms with van der Waals surface area (Å²) in [6.45, 7) is 3.22. The first-order chi connectivity index (χ1) is 10.3. The Hall–Kier alpha value is -1.51. The summed E-state index contributed by atoms with van der Waals surface area (Å²) < 4.78 is 0. The van der Waals surface area contributed by atoms with Crippen LogP contribution in [0.1, 0.15) is 63.9 Å². The zero-order valence-corrected chi connectivity index (χ0v) is 13.2. The van der Waals surface area contributed by atoms with Crippen LogP contribution in [-0.2, 0) is 11.2 Å². The van der Waals surface area contributed by atoms with Gasteiger partial charge in [-0.15, -0.1) is 0 Å². The van der Waals surface area contributed by atoms with Crippen molar-refractivity contribution in [2.24, 2.45) is 0 Å². The molecule has 0 saturated heterocycles. The highest BCUT2D eigenvalue weighted by molar-refractivity contribution is 5.94. The number of unbranched alkanes of at least 4 members (excludes halogenated alkanes) is 5. The van der Waals surface area contributed by atoms with Gasteiger partial charge in [-0.25, -0.2) is 0 Å². The van der Waals surface area contributed by atoms with Crippen molar-refractivity contribution in [1.29, 1.82) is 0 Å². The van der Waals surface area contributed by atoms with E-state index in [9.17, 15) is 4.79 Å². The van der Waals surface area contributed by atoms with Crippen molar-refractivity contribution in [2.75, 3.05) is 17.2 Å². The van der Waals surface area contributed by atoms with Crippen LogP contribution in [0.5, 0.6) is 0 Å². The van der Waals surface area contributed by atoms with E-state index in [1.165, 1.54) is 44.1 Å². The van der Waals surface area contributed by atoms with E-state index in [2.05, 4.69) is 23.6 Å². The van der Waals surface area contributed by atoms with E-state index in [4.69, 9.17) is 0 Å². The summed E-state index contributed by atoms with van der Waals surface area (Å²) in [5.74, 6) is 0.145. The Balaban J connectivity index is 1.75. The largest absolute Gasteiger partial charge is 0.383 e. The Morgan fingerprint density at radius 2 is 2.00 bits per heavy atom. The second kappa shape index (κ2) is 8.71. The van der Waals surface area contributed by atoms with Gasteiger partial charge >= 0.3 is 0 Å². The van der Waals surface area contributed by atoms with Crippen LogP contribution < -0.4 is 10.6 Å². The van der Waals surface area contributed by atoms with Crippen LogP contribution in [0.2, 0.25) is 0 Å². The minimum absolute atomic E-state index is 0.145. The molecule has 0 aliphatic carbocycles. The zero-order chi connectivity index (χ0) is 14.9. The van der Waals surface area contributed by atoms with Crippen molar-refractivity contribution in [2.45, 2.75) is 64.7 Å². The molecule has 0 fully saturated rings. The van der Waals surface area contributed by atoms with E-state index < -0.39 is 0 Å². The molecule has 1 aromatic rings. The van der Waals surface area contributed by atoms with Crippen molar-refractivity contribution in [3.63, 3.8) is 0 Å². The first-order valence-electron chi connectivity index (χ1n) is 8.47. The molecular weight excluding hydrogens is 260 g/mol. The lowest BCUT2D eigenvalue weighted by atomic mass is 10.0. The van der Waals surface area contributed by atoms with E-state index >= 15 is 0 Å². The third-order valence-corrected chi connectivity index (χ3v) is 4.11. The predicted molar refractivity (Wildman–Crippen MR) is 89.9 cm³/mol. The van der Waals surface area contributed by atoms with Gasteiger partial charge in [0, 0.05) is 13.0 Å². The first-order valence-corrected chi connectivity index (χ1v) is 8.47. The minimum Gasteiger partial charge on any atom is -0.383 e. The highest BCUT2D eigenvalue weighted by Gasteiger charge is 2.13. The third kappa shape index (κ3) is 5.07. The topological polar surface area (TPSA) is 41.1 Å². The van der Waals surface area contributed by atoms with Gasteiger partial charge < -0.3 is 10.6 Å². The van der Waals surface area contributed by atoms with E-state index in [0.29, 0.717) is 6.42 Å². The number of anilines is 2. The molecular formula is C18H28N2O. The number of para-hydroxylation sites is 1. The van der Waals surface area contributed by atoms with Gasteiger partial charge in [0.05, 0.1) is 11.4 Å². The highest BCUT2D eigenvalue weighted by atomic mass is 16.1. The Labute approximate surface area is 128 Å². The zero-order valence-electron chi connectivity index (χ0n) is 13.2. The molecule has 0 spiro atoms. The average molecular weight is 288 g/mol. The number of carbonyl (C=O) groups is 1. The number of benzene rings is 1. The average Bonchev–Trinajstić information content (AvgIpc) is 2.51. The smallest absolute Gasteiger partial charge is 0.224 e. The van der Waals surface area contributed by atoms with Gasteiger partial charge in [-0.2, -0.15) is 0 Å². The van der Waals surface area contributed by atoms with Crippen LogP contribution in [-0.4, -0.2) is 12.5 Å². The van der Waals surface area contributed by atoms with Crippen molar-refractivity contribution in [3.8, 4) is 0 Å². The molecule has 1 aliphatic heterocycles. The summed E-state index contributed by atoms with van der Waals surface area (Å²) in [5.41, 5.74) is 3.39. The second-order valence-electron chi connectivity index (χ2n) is 5.94. The summed E-state index contributed by atoms with van der Waals surface area (Å²) in [4.78, 5) is 12.0. The van der Waals surface area contributed by atoms with E-state index in [1.54, 1.807) is 0 Å². The fourth-order valence-corrected chi connectivity index (χ4v) is 2.89. The number of amides is 1. The predicted octanol–water partition coefficient (Wildman–Crippen LogP) is 4.73. The number of hydrogen-bond acceptors (Lipinski definition) is 2. The molecule has 0 aromatic heterocycles. The summed E-state index contributed by atoms with van der Waals surface area (Å²) in [5, 5.41) is 6.48. The quantitative estimate of drug-likeness (QED) is 0.679. The molecule has 0 radical (unpaired) electrons. The summed E-state index contributed by atoms with van der Waals surface area (Å²) in [6, 6.07) is 6.17. The van der Waals surface area contributed by atoms with Crippen LogP contribution >= 0.6 is 0 Å². The highest BCUT2D eigenvalue weighted by Crippen LogP contribution is 2.30. The summed E-state index contributed by atoms with van der Waals surface area (Å²) >= 11 is 0. The SMILES string of the molecule is CCCCCCCCC(=O)Nc1cccc2c1NCCC2. The maximum atomic E-state index is 12.0. The number of hydrogen-bond donors (Lipinski definition) is 2. The lowest BCUT2D eigenvalue weighted by molar-refractivity contribution is -0.116. The Bertz CT molecular complexity index is 457. The Kier molecular flexibility index (Phi) is 6.58. The van der Waals surface area contributed by atoms with Gasteiger partial charge in [0.15, 0.2) is 0 Å². The van der Waals surface area contributed by atoms with Crippen LogP contribution in [0.15, 0.2) is 18.2 Å². The molecule has 0 atom stereocenters. The second-order valence-corrected chi connectivity index (χ2v) is 5.94. The van der Waals surface area contributed by atoms with Crippen LogP contribution in [0.4, 0.5) is 11.4 Å². The molecule has 1 amide bonds. The maximum absolute atomic E-state index is 12.0. The molecule has 0 saturated carbocycles. The number of nitrogens with one attached hydrogen (secondary N) is 2. The molecule has 1 heterocycles. The van der Waals surface area contributed by atoms with Gasteiger partial charge in [-0.3, -0.25) is 4.79 Å². The molecule has 1 aromatic carbocycles. The molecule has 116 valence electrons. The molecule has 2 rings (SSSR count). The minimum atomic E-state index is 0.145. The Morgan fingerprint density at radius 1 is 1.19 bits per heavy atom. The summed E-state index contributed by atoms with van der Waals surface area (Å²) in [6.07, 6.45) is 10.2. The van der Waals surface area contributed by atoms with Gasteiger partial charge in [-0.1, -0.05) is 51.2 Å². The molecule has 3 heteroatoms. The molecule has 3 nitrogen and oxygen atoms in total. The molecule has 2 N–H and O–H groups in total. The van der Waals surface area contributed by atoms with Crippen molar-refractivity contribution in [3.05, 3.63) is 23.8 Å². The third-order valence-electron chi connectivity index (χ3n) is 4.11. The number of aryl methyl sites for hydroxylation is 1. The monoisotopic (exact) mass is 288 g/mol. The number of carbonyl (C=O) groups excluding carboxylic acids is 1. The molecule has 21 heavy (non-hydrogen) atoms. The number of fused-ring (bicyclic) bond motifs is 1. The Morgan fingerprint density at radius 3 is 2.86 bits per heavy atom. The van der Waals surface area contributed by atoms with Crippen molar-refractivity contribution >= 4 is 17.3 Å². The van der Waals surface area contributed by atoms with E-state index in [0.717, 1.165) is 30.8 Å². The van der Waals surface area contributed by atoms with Crippen molar-refractivity contribution in [1.82, 2.24) is 0 Å². The normalized spacial score (nSPS) is 13.4. The fourth-order valence-electron chi connectivity index (χ4n) is 2.89. The van der Waals surface area contributed by atoms with Gasteiger partial charge in [0.25, 0.3) is 0 Å². The molecule has 0 unspecified atom stereocenters. The van der Waals surface area contributed by atoms with Crippen LogP contribution in [0, 0.1) is 0 Å². The van der Waals surface area contributed by atoms with Gasteiger partial charge in [0.1, 0.15) is 0 Å². The lowest BCUT2D eigenvalue weighted by Crippen LogP contribution is -2.17. The standard InChI is InChI=1S/C18H28N2O/c1-2-3-4-5-6-7-13-17(21)20-16-12-8-10-15-11-9-14-19-18(15)16/h8,10,12,19H,2-7,9,11,13-14H2,1H3,(H,20,21). The lowest BCUT2D eigenvalue weighted by Gasteiger charge is -2.21. The van der Waals surface area contributed by atoms with E-state index in [1.807, 2.05) is 12.1 Å². The number of rotatable bonds is 8. The van der Waals surface area contributed by atoms with E-state index in [-0.39, 0.29) is 5.91 Å². The first kappa shape index (κ1) is 15.9. The van der Waals surface area contributed by atoms with Crippen LogP contribution in [0.3, 0.4) is 0 Å². The van der Waals surface area contributed by atoms with Gasteiger partial charge in [-0.05, 0) is 30.9 Å².